The van der Waals surface area contributed by atoms with Crippen LogP contribution in [-0.2, 0) is 9.53 Å². The summed E-state index contributed by atoms with van der Waals surface area (Å²) in [5, 5.41) is 8.76. The second-order valence-corrected chi connectivity index (χ2v) is 3.46. The van der Waals surface area contributed by atoms with E-state index in [9.17, 15) is 4.79 Å². The van der Waals surface area contributed by atoms with Crippen molar-refractivity contribution in [1.29, 1.82) is 0 Å². The molecule has 13 heavy (non-hydrogen) atoms. The van der Waals surface area contributed by atoms with Crippen molar-refractivity contribution >= 4 is 5.97 Å². The number of carbonyl (C=O) groups is 1. The molecule has 0 saturated heterocycles. The number of esters is 1. The third-order valence-corrected chi connectivity index (χ3v) is 1.53. The van der Waals surface area contributed by atoms with Gasteiger partial charge >= 0.3 is 5.97 Å². The largest absolute Gasteiger partial charge is 0.433 e. The number of hydrogen-bond acceptors (Lipinski definition) is 3. The van der Waals surface area contributed by atoms with Crippen molar-refractivity contribution in [2.75, 3.05) is 0 Å². The highest BCUT2D eigenvalue weighted by molar-refractivity contribution is 5.74. The lowest BCUT2D eigenvalue weighted by Crippen LogP contribution is -2.16. The number of hydrogen-bond donors (Lipinski definition) is 1. The molecular formula is C10H18O3. The Morgan fingerprint density at radius 2 is 2.08 bits per heavy atom. The van der Waals surface area contributed by atoms with Crippen molar-refractivity contribution in [3.8, 4) is 0 Å². The summed E-state index contributed by atoms with van der Waals surface area (Å²) in [7, 11) is 0. The first-order valence-electron chi connectivity index (χ1n) is 4.57. The molecule has 0 aromatic carbocycles. The van der Waals surface area contributed by atoms with Gasteiger partial charge in [0.15, 0.2) is 0 Å². The van der Waals surface area contributed by atoms with Crippen molar-refractivity contribution in [2.45, 2.75) is 39.7 Å². The van der Waals surface area contributed by atoms with Crippen LogP contribution in [0.3, 0.4) is 0 Å². The van der Waals surface area contributed by atoms with Crippen molar-refractivity contribution < 1.29 is 14.6 Å². The van der Waals surface area contributed by atoms with Gasteiger partial charge in [-0.15, -0.1) is 0 Å². The van der Waals surface area contributed by atoms with Crippen molar-refractivity contribution in [1.82, 2.24) is 0 Å². The van der Waals surface area contributed by atoms with E-state index >= 15 is 0 Å². The Kier molecular flexibility index (Phi) is 6.24. The molecule has 1 N–H and O–H groups in total. The van der Waals surface area contributed by atoms with Crippen LogP contribution in [0.4, 0.5) is 0 Å². The SMILES string of the molecule is CC(C)CCC=COC(=O)C(C)O. The van der Waals surface area contributed by atoms with E-state index in [4.69, 9.17) is 5.11 Å². The number of aliphatic hydroxyl groups is 1. The van der Waals surface area contributed by atoms with Crippen molar-refractivity contribution in [2.24, 2.45) is 5.92 Å². The first-order valence-corrected chi connectivity index (χ1v) is 4.57. The van der Waals surface area contributed by atoms with Gasteiger partial charge in [-0.1, -0.05) is 13.8 Å². The predicted octanol–water partition coefficient (Wildman–Crippen LogP) is 1.86. The van der Waals surface area contributed by atoms with Crippen LogP contribution in [0.25, 0.3) is 0 Å². The highest BCUT2D eigenvalue weighted by Gasteiger charge is 2.07. The summed E-state index contributed by atoms with van der Waals surface area (Å²) in [5.41, 5.74) is 0. The summed E-state index contributed by atoms with van der Waals surface area (Å²) in [6.45, 7) is 5.65. The summed E-state index contributed by atoms with van der Waals surface area (Å²) >= 11 is 0. The lowest BCUT2D eigenvalue weighted by molar-refractivity contribution is -0.146. The van der Waals surface area contributed by atoms with Gasteiger partial charge < -0.3 is 9.84 Å². The molecule has 0 saturated carbocycles. The van der Waals surface area contributed by atoms with E-state index in [0.717, 1.165) is 12.8 Å². The molecule has 0 radical (unpaired) electrons. The first-order chi connectivity index (χ1) is 6.04. The third-order valence-electron chi connectivity index (χ3n) is 1.53. The molecule has 0 aromatic heterocycles. The smallest absolute Gasteiger partial charge is 0.339 e. The molecule has 0 aromatic rings. The zero-order valence-corrected chi connectivity index (χ0v) is 8.49. The third kappa shape index (κ3) is 7.53. The minimum absolute atomic E-state index is 0.610. The molecule has 0 heterocycles. The topological polar surface area (TPSA) is 46.5 Å². The van der Waals surface area contributed by atoms with E-state index in [1.54, 1.807) is 6.08 Å². The second kappa shape index (κ2) is 6.66. The fourth-order valence-electron chi connectivity index (χ4n) is 0.711. The van der Waals surface area contributed by atoms with Gasteiger partial charge in [-0.25, -0.2) is 4.79 Å². The summed E-state index contributed by atoms with van der Waals surface area (Å²) < 4.78 is 4.62. The molecule has 0 rings (SSSR count). The zero-order chi connectivity index (χ0) is 10.3. The number of aliphatic hydroxyl groups excluding tert-OH is 1. The van der Waals surface area contributed by atoms with Crippen LogP contribution in [0.15, 0.2) is 12.3 Å². The van der Waals surface area contributed by atoms with Crippen LogP contribution in [0.1, 0.15) is 33.6 Å². The van der Waals surface area contributed by atoms with Crippen LogP contribution in [0.5, 0.6) is 0 Å². The summed E-state index contributed by atoms with van der Waals surface area (Å²) in [6.07, 6.45) is 4.06. The summed E-state index contributed by atoms with van der Waals surface area (Å²) in [5.74, 6) is 0.0397. The van der Waals surface area contributed by atoms with Gasteiger partial charge in [-0.2, -0.15) is 0 Å². The normalized spacial score (nSPS) is 13.6. The van der Waals surface area contributed by atoms with Crippen LogP contribution in [0.2, 0.25) is 0 Å². The standard InChI is InChI=1S/C10H18O3/c1-8(2)6-4-5-7-13-10(12)9(3)11/h5,7-9,11H,4,6H2,1-3H3. The van der Waals surface area contributed by atoms with Gasteiger partial charge in [0.2, 0.25) is 0 Å². The van der Waals surface area contributed by atoms with Gasteiger partial charge in [0.05, 0.1) is 6.26 Å². The molecular weight excluding hydrogens is 168 g/mol. The Hall–Kier alpha value is -0.830. The monoisotopic (exact) mass is 186 g/mol. The minimum Gasteiger partial charge on any atom is -0.433 e. The lowest BCUT2D eigenvalue weighted by atomic mass is 10.1. The Bertz CT molecular complexity index is 171. The molecule has 0 bridgehead atoms. The number of allylic oxidation sites excluding steroid dienone is 1. The van der Waals surface area contributed by atoms with E-state index < -0.39 is 12.1 Å². The van der Waals surface area contributed by atoms with Crippen molar-refractivity contribution in [3.05, 3.63) is 12.3 Å². The van der Waals surface area contributed by atoms with E-state index in [1.807, 2.05) is 0 Å². The molecule has 0 fully saturated rings. The van der Waals surface area contributed by atoms with Gasteiger partial charge in [0.25, 0.3) is 0 Å². The maximum absolute atomic E-state index is 10.7. The number of ether oxygens (including phenoxy) is 1. The van der Waals surface area contributed by atoms with Crippen LogP contribution in [-0.4, -0.2) is 17.2 Å². The van der Waals surface area contributed by atoms with Crippen molar-refractivity contribution in [3.63, 3.8) is 0 Å². The highest BCUT2D eigenvalue weighted by Crippen LogP contribution is 2.03. The van der Waals surface area contributed by atoms with Gasteiger partial charge in [-0.3, -0.25) is 0 Å². The molecule has 3 heteroatoms. The summed E-state index contributed by atoms with van der Waals surface area (Å²) in [4.78, 5) is 10.7. The Morgan fingerprint density at radius 1 is 1.46 bits per heavy atom. The summed E-state index contributed by atoms with van der Waals surface area (Å²) in [6, 6.07) is 0. The van der Waals surface area contributed by atoms with Gasteiger partial charge in [0, 0.05) is 0 Å². The average Bonchev–Trinajstić information content (AvgIpc) is 2.02. The Morgan fingerprint density at radius 3 is 2.54 bits per heavy atom. The van der Waals surface area contributed by atoms with Gasteiger partial charge in [0.1, 0.15) is 6.10 Å². The van der Waals surface area contributed by atoms with Crippen LogP contribution in [0, 0.1) is 5.92 Å². The average molecular weight is 186 g/mol. The second-order valence-electron chi connectivity index (χ2n) is 3.46. The zero-order valence-electron chi connectivity index (χ0n) is 8.49. The molecule has 0 spiro atoms. The maximum atomic E-state index is 10.7. The number of rotatable bonds is 5. The molecule has 1 unspecified atom stereocenters. The Balaban J connectivity index is 3.47. The van der Waals surface area contributed by atoms with E-state index in [2.05, 4.69) is 18.6 Å². The quantitative estimate of drug-likeness (QED) is 0.526. The molecule has 76 valence electrons. The van der Waals surface area contributed by atoms with Crippen LogP contribution >= 0.6 is 0 Å². The number of carbonyl (C=O) groups excluding carboxylic acids is 1. The molecule has 1 atom stereocenters. The van der Waals surface area contributed by atoms with E-state index in [0.29, 0.717) is 5.92 Å². The maximum Gasteiger partial charge on any atom is 0.339 e. The fraction of sp³-hybridized carbons (Fsp3) is 0.700. The lowest BCUT2D eigenvalue weighted by Gasteiger charge is -2.01. The molecule has 0 aliphatic carbocycles. The van der Waals surface area contributed by atoms with E-state index in [-0.39, 0.29) is 0 Å². The molecule has 0 aliphatic rings. The Labute approximate surface area is 79.4 Å². The molecule has 0 amide bonds. The molecule has 3 nitrogen and oxygen atoms in total. The fourth-order valence-corrected chi connectivity index (χ4v) is 0.711. The predicted molar refractivity (Wildman–Crippen MR) is 51.0 cm³/mol. The van der Waals surface area contributed by atoms with Gasteiger partial charge in [-0.05, 0) is 31.8 Å². The first kappa shape index (κ1) is 12.2. The van der Waals surface area contributed by atoms with E-state index in [1.165, 1.54) is 13.2 Å². The minimum atomic E-state index is -1.05. The van der Waals surface area contributed by atoms with Crippen LogP contribution < -0.4 is 0 Å². The molecule has 0 aliphatic heterocycles. The highest BCUT2D eigenvalue weighted by atomic mass is 16.5.